The number of aromatic nitrogens is 2. The lowest BCUT2D eigenvalue weighted by molar-refractivity contribution is 0.0502. The van der Waals surface area contributed by atoms with Gasteiger partial charge in [0.15, 0.2) is 28.8 Å². The molecule has 7 rings (SSSR count). The molecule has 1 saturated heterocycles. The molecule has 1 N–H and O–H groups in total. The van der Waals surface area contributed by atoms with E-state index >= 15 is 4.39 Å². The summed E-state index contributed by atoms with van der Waals surface area (Å²) in [5, 5.41) is 9.79. The lowest BCUT2D eigenvalue weighted by Crippen LogP contribution is -2.48. The maximum atomic E-state index is 15.5. The summed E-state index contributed by atoms with van der Waals surface area (Å²) in [6.07, 6.45) is 4.23. The number of ether oxygens (including phenoxy) is 4. The topological polar surface area (TPSA) is 112 Å². The first-order valence-electron chi connectivity index (χ1n) is 16.4. The number of likely N-dealkylation sites (tertiary alicyclic amines) is 1. The molecule has 12 heteroatoms. The summed E-state index contributed by atoms with van der Waals surface area (Å²) in [7, 11) is 1.54. The van der Waals surface area contributed by atoms with Crippen LogP contribution in [0.1, 0.15) is 27.9 Å². The lowest BCUT2D eigenvalue weighted by Gasteiger charge is -2.38. The number of carbonyl (C=O) groups is 1. The number of Topliss-reactive ketones (excluding diaryl/α,β-unsaturated/α-hetero) is 1. The van der Waals surface area contributed by atoms with Gasteiger partial charge in [0.2, 0.25) is 0 Å². The van der Waals surface area contributed by atoms with Gasteiger partial charge in [0.05, 0.1) is 25.8 Å². The van der Waals surface area contributed by atoms with Gasteiger partial charge in [0, 0.05) is 80.1 Å². The maximum Gasteiger partial charge on any atom is 0.269 e. The van der Waals surface area contributed by atoms with E-state index in [0.29, 0.717) is 70.5 Å². The molecule has 258 valence electrons. The van der Waals surface area contributed by atoms with E-state index in [0.717, 1.165) is 26.1 Å². The SMILES string of the molecule is COc1cc2c(Oc3ccc(CC(=O)c4c5c(cn(-c6ccc(F)cc6)c4=O)CCO5)cc3F)ccnc2cc1OCCCN1CC(CO)C1. The van der Waals surface area contributed by atoms with Gasteiger partial charge in [-0.1, -0.05) is 6.07 Å². The first kappa shape index (κ1) is 33.2. The van der Waals surface area contributed by atoms with Crippen molar-refractivity contribution >= 4 is 16.7 Å². The standard InChI is InChI=1S/C38H35F2N3O7/c1-47-34-17-28-30(18-35(34)48-13-2-12-42-19-24(20-42)22-44)41-11-9-32(28)50-33-8-3-23(15-29(33)40)16-31(45)36-37-25(10-14-49-37)21-43(38(36)46)27-6-4-26(39)5-7-27/h3-9,11,15,17-18,21,24,44H,2,10,12-14,16,19-20,22H2,1H3. The Balaban J connectivity index is 1.07. The minimum absolute atomic E-state index is 0.0648. The van der Waals surface area contributed by atoms with Crippen LogP contribution in [0, 0.1) is 17.6 Å². The molecule has 3 aromatic carbocycles. The van der Waals surface area contributed by atoms with Crippen molar-refractivity contribution in [1.82, 2.24) is 14.5 Å². The van der Waals surface area contributed by atoms with Crippen molar-refractivity contribution in [2.45, 2.75) is 19.3 Å². The van der Waals surface area contributed by atoms with Crippen molar-refractivity contribution in [2.75, 3.05) is 46.6 Å². The average Bonchev–Trinajstić information content (AvgIpc) is 3.56. The van der Waals surface area contributed by atoms with Gasteiger partial charge in [-0.05, 0) is 60.5 Å². The zero-order chi connectivity index (χ0) is 34.8. The summed E-state index contributed by atoms with van der Waals surface area (Å²) < 4.78 is 53.6. The second kappa shape index (κ2) is 14.3. The molecule has 2 aliphatic heterocycles. The molecule has 50 heavy (non-hydrogen) atoms. The van der Waals surface area contributed by atoms with Crippen LogP contribution in [0.4, 0.5) is 8.78 Å². The molecule has 2 aliphatic rings. The van der Waals surface area contributed by atoms with Gasteiger partial charge in [-0.25, -0.2) is 8.78 Å². The van der Waals surface area contributed by atoms with Crippen molar-refractivity contribution in [2.24, 2.45) is 5.92 Å². The molecule has 0 radical (unpaired) electrons. The summed E-state index contributed by atoms with van der Waals surface area (Å²) in [5.74, 6) is 0.206. The maximum absolute atomic E-state index is 15.5. The minimum Gasteiger partial charge on any atom is -0.493 e. The highest BCUT2D eigenvalue weighted by Gasteiger charge is 2.28. The molecule has 0 aliphatic carbocycles. The molecule has 1 fully saturated rings. The number of hydrogen-bond donors (Lipinski definition) is 1. The zero-order valence-corrected chi connectivity index (χ0v) is 27.4. The second-order valence-corrected chi connectivity index (χ2v) is 12.4. The third-order valence-electron chi connectivity index (χ3n) is 8.97. The van der Waals surface area contributed by atoms with E-state index in [1.165, 1.54) is 48.1 Å². The Bertz CT molecular complexity index is 2110. The number of rotatable bonds is 13. The third-order valence-corrected chi connectivity index (χ3v) is 8.97. The Morgan fingerprint density at radius 3 is 2.60 bits per heavy atom. The first-order chi connectivity index (χ1) is 24.3. The van der Waals surface area contributed by atoms with Crippen LogP contribution in [0.5, 0.6) is 28.7 Å². The first-order valence-corrected chi connectivity index (χ1v) is 16.4. The number of pyridine rings is 2. The number of ketones is 1. The molecule has 0 unspecified atom stereocenters. The molecule has 0 bridgehead atoms. The molecule has 2 aromatic heterocycles. The van der Waals surface area contributed by atoms with Gasteiger partial charge < -0.3 is 29.0 Å². The molecular formula is C38H35F2N3O7. The molecule has 4 heterocycles. The Hall–Kier alpha value is -5.33. The monoisotopic (exact) mass is 683 g/mol. The van der Waals surface area contributed by atoms with Crippen LogP contribution in [0.2, 0.25) is 0 Å². The number of benzene rings is 3. The molecule has 0 saturated carbocycles. The van der Waals surface area contributed by atoms with Crippen molar-refractivity contribution in [3.63, 3.8) is 0 Å². The van der Waals surface area contributed by atoms with Crippen LogP contribution in [0.25, 0.3) is 16.6 Å². The van der Waals surface area contributed by atoms with Gasteiger partial charge in [0.1, 0.15) is 22.9 Å². The van der Waals surface area contributed by atoms with E-state index in [9.17, 15) is 19.1 Å². The quantitative estimate of drug-likeness (QED) is 0.127. The number of aliphatic hydroxyl groups is 1. The fourth-order valence-electron chi connectivity index (χ4n) is 6.36. The summed E-state index contributed by atoms with van der Waals surface area (Å²) in [5.41, 5.74) is 1.28. The van der Waals surface area contributed by atoms with Gasteiger partial charge in [-0.3, -0.25) is 19.1 Å². The highest BCUT2D eigenvalue weighted by molar-refractivity contribution is 6.00. The minimum atomic E-state index is -0.696. The highest BCUT2D eigenvalue weighted by atomic mass is 19.1. The molecule has 10 nitrogen and oxygen atoms in total. The number of nitrogens with zero attached hydrogens (tertiary/aromatic N) is 3. The Morgan fingerprint density at radius 1 is 1.02 bits per heavy atom. The Morgan fingerprint density at radius 2 is 1.84 bits per heavy atom. The molecule has 0 spiro atoms. The van der Waals surface area contributed by atoms with Crippen molar-refractivity contribution in [3.8, 4) is 34.4 Å². The van der Waals surface area contributed by atoms with E-state index in [2.05, 4.69) is 9.88 Å². The normalized spacial score (nSPS) is 14.2. The highest BCUT2D eigenvalue weighted by Crippen LogP contribution is 2.38. The van der Waals surface area contributed by atoms with Gasteiger partial charge in [-0.2, -0.15) is 0 Å². The van der Waals surface area contributed by atoms with Crippen LogP contribution >= 0.6 is 0 Å². The van der Waals surface area contributed by atoms with Gasteiger partial charge in [-0.15, -0.1) is 0 Å². The summed E-state index contributed by atoms with van der Waals surface area (Å²) >= 11 is 0. The number of methoxy groups -OCH3 is 1. The third kappa shape index (κ3) is 6.76. The fraction of sp³-hybridized carbons (Fsp3) is 0.289. The van der Waals surface area contributed by atoms with E-state index in [1.807, 2.05) is 0 Å². The predicted octanol–water partition coefficient (Wildman–Crippen LogP) is 5.52. The van der Waals surface area contributed by atoms with Gasteiger partial charge >= 0.3 is 0 Å². The molecule has 0 amide bonds. The summed E-state index contributed by atoms with van der Waals surface area (Å²) in [4.78, 5) is 33.8. The number of fused-ring (bicyclic) bond motifs is 2. The van der Waals surface area contributed by atoms with E-state index < -0.39 is 23.0 Å². The van der Waals surface area contributed by atoms with Crippen molar-refractivity contribution in [3.05, 3.63) is 112 Å². The summed E-state index contributed by atoms with van der Waals surface area (Å²) in [6, 6.07) is 14.7. The molecule has 0 atom stereocenters. The molecular weight excluding hydrogens is 648 g/mol. The number of halogens is 2. The van der Waals surface area contributed by atoms with Crippen LogP contribution in [-0.2, 0) is 12.8 Å². The number of carbonyl (C=O) groups excluding carboxylic acids is 1. The zero-order valence-electron chi connectivity index (χ0n) is 27.4. The van der Waals surface area contributed by atoms with E-state index in [-0.39, 0.29) is 30.1 Å². The average molecular weight is 684 g/mol. The lowest BCUT2D eigenvalue weighted by atomic mass is 10.0. The number of hydrogen-bond acceptors (Lipinski definition) is 9. The predicted molar refractivity (Wildman–Crippen MR) is 181 cm³/mol. The van der Waals surface area contributed by atoms with E-state index in [1.54, 1.807) is 36.7 Å². The second-order valence-electron chi connectivity index (χ2n) is 12.4. The van der Waals surface area contributed by atoms with Gasteiger partial charge in [0.25, 0.3) is 5.56 Å². The largest absolute Gasteiger partial charge is 0.493 e. The number of aliphatic hydroxyl groups excluding tert-OH is 1. The van der Waals surface area contributed by atoms with Crippen LogP contribution in [0.3, 0.4) is 0 Å². The smallest absolute Gasteiger partial charge is 0.269 e. The fourth-order valence-corrected chi connectivity index (χ4v) is 6.36. The molecule has 5 aromatic rings. The Labute approximate surface area is 286 Å². The van der Waals surface area contributed by atoms with Crippen molar-refractivity contribution < 1.29 is 37.6 Å². The Kier molecular flexibility index (Phi) is 9.46. The van der Waals surface area contributed by atoms with Crippen molar-refractivity contribution in [1.29, 1.82) is 0 Å². The van der Waals surface area contributed by atoms with Crippen LogP contribution < -0.4 is 24.5 Å². The van der Waals surface area contributed by atoms with E-state index in [4.69, 9.17) is 18.9 Å². The van der Waals surface area contributed by atoms with Crippen LogP contribution in [-0.4, -0.2) is 71.9 Å². The summed E-state index contributed by atoms with van der Waals surface area (Å²) in [6.45, 7) is 3.69. The van der Waals surface area contributed by atoms with Crippen LogP contribution in [0.15, 0.2) is 77.9 Å².